The zero-order chi connectivity index (χ0) is 17.9. The van der Waals surface area contributed by atoms with Gasteiger partial charge in [0.1, 0.15) is 0 Å². The molecular formula is C19H20BrN3O3. The molecule has 0 saturated carbocycles. The van der Waals surface area contributed by atoms with Crippen molar-refractivity contribution in [1.82, 2.24) is 9.80 Å². The third kappa shape index (κ3) is 3.78. The number of urea groups is 1. The van der Waals surface area contributed by atoms with Crippen molar-refractivity contribution >= 4 is 27.6 Å². The van der Waals surface area contributed by atoms with Gasteiger partial charge in [-0.1, -0.05) is 18.2 Å². The maximum atomic E-state index is 12.5. The summed E-state index contributed by atoms with van der Waals surface area (Å²) in [5.41, 5.74) is 1.99. The number of carbonyl (C=O) groups is 1. The average Bonchev–Trinajstić information content (AvgIpc) is 3.12. The summed E-state index contributed by atoms with van der Waals surface area (Å²) in [7, 11) is 0. The normalized spacial score (nSPS) is 16.6. The molecule has 1 fully saturated rings. The summed E-state index contributed by atoms with van der Waals surface area (Å²) in [6.45, 7) is 4.25. The minimum atomic E-state index is -0.0559. The molecule has 2 heterocycles. The molecule has 4 rings (SSSR count). The maximum Gasteiger partial charge on any atom is 0.321 e. The Morgan fingerprint density at radius 2 is 1.81 bits per heavy atom. The zero-order valence-corrected chi connectivity index (χ0v) is 15.9. The first-order valence-corrected chi connectivity index (χ1v) is 9.40. The van der Waals surface area contributed by atoms with Crippen molar-refractivity contribution in [2.24, 2.45) is 0 Å². The Morgan fingerprint density at radius 3 is 2.62 bits per heavy atom. The van der Waals surface area contributed by atoms with Gasteiger partial charge in [-0.2, -0.15) is 0 Å². The van der Waals surface area contributed by atoms with E-state index in [-0.39, 0.29) is 6.03 Å². The van der Waals surface area contributed by atoms with Gasteiger partial charge in [-0.05, 0) is 45.8 Å². The average molecular weight is 418 g/mol. The smallest absolute Gasteiger partial charge is 0.321 e. The molecule has 0 radical (unpaired) electrons. The molecular weight excluding hydrogens is 398 g/mol. The number of ether oxygens (including phenoxy) is 2. The van der Waals surface area contributed by atoms with Crippen molar-refractivity contribution in [2.45, 2.75) is 6.54 Å². The number of nitrogens with one attached hydrogen (secondary N) is 1. The van der Waals surface area contributed by atoms with E-state index in [1.54, 1.807) is 0 Å². The summed E-state index contributed by atoms with van der Waals surface area (Å²) < 4.78 is 11.7. The van der Waals surface area contributed by atoms with E-state index in [4.69, 9.17) is 9.47 Å². The van der Waals surface area contributed by atoms with Crippen molar-refractivity contribution in [3.05, 3.63) is 52.5 Å². The summed E-state index contributed by atoms with van der Waals surface area (Å²) in [5, 5.41) is 2.96. The van der Waals surface area contributed by atoms with Crippen LogP contribution in [0.15, 0.2) is 46.9 Å². The summed E-state index contributed by atoms with van der Waals surface area (Å²) in [6, 6.07) is 13.6. The number of hydrogen-bond acceptors (Lipinski definition) is 4. The van der Waals surface area contributed by atoms with E-state index in [0.29, 0.717) is 19.9 Å². The standard InChI is InChI=1S/C19H20BrN3O3/c20-15-3-1-2-4-16(15)21-19(24)23-9-7-22(8-10-23)12-14-5-6-17-18(11-14)26-13-25-17/h1-6,11H,7-10,12-13H2,(H,21,24). The minimum absolute atomic E-state index is 0.0559. The molecule has 0 aromatic heterocycles. The highest BCUT2D eigenvalue weighted by Gasteiger charge is 2.22. The number of rotatable bonds is 3. The van der Waals surface area contributed by atoms with E-state index in [0.717, 1.165) is 41.3 Å². The van der Waals surface area contributed by atoms with Gasteiger partial charge in [-0.25, -0.2) is 4.79 Å². The number of benzene rings is 2. The first-order valence-electron chi connectivity index (χ1n) is 8.60. The number of fused-ring (bicyclic) bond motifs is 1. The minimum Gasteiger partial charge on any atom is -0.454 e. The molecule has 2 aromatic rings. The van der Waals surface area contributed by atoms with Gasteiger partial charge in [0.2, 0.25) is 6.79 Å². The van der Waals surface area contributed by atoms with Gasteiger partial charge in [0.15, 0.2) is 11.5 Å². The van der Waals surface area contributed by atoms with Gasteiger partial charge in [0.25, 0.3) is 0 Å². The molecule has 6 nitrogen and oxygen atoms in total. The van der Waals surface area contributed by atoms with Crippen LogP contribution in [0.5, 0.6) is 11.5 Å². The fraction of sp³-hybridized carbons (Fsp3) is 0.316. The highest BCUT2D eigenvalue weighted by atomic mass is 79.9. The van der Waals surface area contributed by atoms with Crippen LogP contribution in [0.4, 0.5) is 10.5 Å². The van der Waals surface area contributed by atoms with Crippen molar-refractivity contribution in [3.8, 4) is 11.5 Å². The number of anilines is 1. The van der Waals surface area contributed by atoms with Gasteiger partial charge >= 0.3 is 6.03 Å². The summed E-state index contributed by atoms with van der Waals surface area (Å²) in [5.74, 6) is 1.62. The zero-order valence-electron chi connectivity index (χ0n) is 14.3. The highest BCUT2D eigenvalue weighted by Crippen LogP contribution is 2.32. The number of hydrogen-bond donors (Lipinski definition) is 1. The Kier molecular flexibility index (Phi) is 4.99. The molecule has 0 spiro atoms. The van der Waals surface area contributed by atoms with Crippen molar-refractivity contribution in [3.63, 3.8) is 0 Å². The third-order valence-electron chi connectivity index (χ3n) is 4.62. The van der Waals surface area contributed by atoms with Crippen LogP contribution in [0, 0.1) is 0 Å². The molecule has 0 aliphatic carbocycles. The summed E-state index contributed by atoms with van der Waals surface area (Å²) in [6.07, 6.45) is 0. The van der Waals surface area contributed by atoms with Crippen LogP contribution < -0.4 is 14.8 Å². The van der Waals surface area contributed by atoms with Crippen LogP contribution >= 0.6 is 15.9 Å². The molecule has 7 heteroatoms. The van der Waals surface area contributed by atoms with Crippen LogP contribution in [-0.4, -0.2) is 48.8 Å². The molecule has 2 aliphatic rings. The van der Waals surface area contributed by atoms with E-state index >= 15 is 0 Å². The number of para-hydroxylation sites is 1. The first-order chi connectivity index (χ1) is 12.7. The van der Waals surface area contributed by atoms with Crippen LogP contribution in [-0.2, 0) is 6.54 Å². The van der Waals surface area contributed by atoms with Crippen LogP contribution in [0.2, 0.25) is 0 Å². The van der Waals surface area contributed by atoms with Crippen LogP contribution in [0.1, 0.15) is 5.56 Å². The molecule has 26 heavy (non-hydrogen) atoms. The van der Waals surface area contributed by atoms with Gasteiger partial charge < -0.3 is 19.7 Å². The lowest BCUT2D eigenvalue weighted by Gasteiger charge is -2.34. The Hall–Kier alpha value is -2.25. The lowest BCUT2D eigenvalue weighted by molar-refractivity contribution is 0.143. The number of carbonyl (C=O) groups excluding carboxylic acids is 1. The van der Waals surface area contributed by atoms with Crippen LogP contribution in [0.25, 0.3) is 0 Å². The van der Waals surface area contributed by atoms with E-state index in [1.165, 1.54) is 5.56 Å². The van der Waals surface area contributed by atoms with Gasteiger partial charge in [0, 0.05) is 37.2 Å². The lowest BCUT2D eigenvalue weighted by atomic mass is 10.1. The number of nitrogens with zero attached hydrogens (tertiary/aromatic N) is 2. The van der Waals surface area contributed by atoms with Crippen LogP contribution in [0.3, 0.4) is 0 Å². The molecule has 0 atom stereocenters. The Balaban J connectivity index is 1.30. The van der Waals surface area contributed by atoms with Gasteiger partial charge in [-0.3, -0.25) is 4.90 Å². The molecule has 0 unspecified atom stereocenters. The molecule has 1 saturated heterocycles. The van der Waals surface area contributed by atoms with Gasteiger partial charge in [-0.15, -0.1) is 0 Å². The Bertz CT molecular complexity index is 806. The quantitative estimate of drug-likeness (QED) is 0.829. The predicted octanol–water partition coefficient (Wildman–Crippen LogP) is 3.53. The van der Waals surface area contributed by atoms with Gasteiger partial charge in [0.05, 0.1) is 5.69 Å². The SMILES string of the molecule is O=C(Nc1ccccc1Br)N1CCN(Cc2ccc3c(c2)OCO3)CC1. The number of amides is 2. The van der Waals surface area contributed by atoms with E-state index in [2.05, 4.69) is 32.2 Å². The molecule has 2 aliphatic heterocycles. The highest BCUT2D eigenvalue weighted by molar-refractivity contribution is 9.10. The fourth-order valence-electron chi connectivity index (χ4n) is 3.16. The Labute approximate surface area is 160 Å². The molecule has 136 valence electrons. The van der Waals surface area contributed by atoms with Crippen molar-refractivity contribution in [2.75, 3.05) is 38.3 Å². The molecule has 2 aromatic carbocycles. The molecule has 2 amide bonds. The second-order valence-electron chi connectivity index (χ2n) is 6.36. The van der Waals surface area contributed by atoms with E-state index in [9.17, 15) is 4.79 Å². The number of halogens is 1. The molecule has 1 N–H and O–H groups in total. The topological polar surface area (TPSA) is 54.0 Å². The van der Waals surface area contributed by atoms with Crippen molar-refractivity contribution in [1.29, 1.82) is 0 Å². The molecule has 0 bridgehead atoms. The number of piperazine rings is 1. The largest absolute Gasteiger partial charge is 0.454 e. The van der Waals surface area contributed by atoms with E-state index in [1.807, 2.05) is 41.3 Å². The summed E-state index contributed by atoms with van der Waals surface area (Å²) >= 11 is 3.46. The second kappa shape index (κ2) is 7.55. The predicted molar refractivity (Wildman–Crippen MR) is 103 cm³/mol. The lowest BCUT2D eigenvalue weighted by Crippen LogP contribution is -2.49. The second-order valence-corrected chi connectivity index (χ2v) is 7.22. The van der Waals surface area contributed by atoms with E-state index < -0.39 is 0 Å². The summed E-state index contributed by atoms with van der Waals surface area (Å²) in [4.78, 5) is 16.7. The Morgan fingerprint density at radius 1 is 1.04 bits per heavy atom. The maximum absolute atomic E-state index is 12.5. The first kappa shape index (κ1) is 17.2. The third-order valence-corrected chi connectivity index (χ3v) is 5.31. The fourth-order valence-corrected chi connectivity index (χ4v) is 3.55. The van der Waals surface area contributed by atoms with Crippen molar-refractivity contribution < 1.29 is 14.3 Å². The monoisotopic (exact) mass is 417 g/mol.